The molecule has 5 heteroatoms. The number of rotatable bonds is 9. The normalized spacial score (nSPS) is 12.1. The highest BCUT2D eigenvalue weighted by Crippen LogP contribution is 2.22. The first-order valence-corrected chi connectivity index (χ1v) is 8.35. The zero-order valence-corrected chi connectivity index (χ0v) is 13.9. The maximum atomic E-state index is 12.1. The lowest BCUT2D eigenvalue weighted by atomic mass is 10.0. The minimum Gasteiger partial charge on any atom is -0.481 e. The lowest BCUT2D eigenvalue weighted by molar-refractivity contribution is -0.137. The van der Waals surface area contributed by atoms with E-state index in [2.05, 4.69) is 19.2 Å². The van der Waals surface area contributed by atoms with Gasteiger partial charge in [0.15, 0.2) is 0 Å². The van der Waals surface area contributed by atoms with Crippen molar-refractivity contribution in [1.82, 2.24) is 5.32 Å². The Bertz CT molecular complexity index is 482. The predicted octanol–water partition coefficient (Wildman–Crippen LogP) is 3.63. The number of amides is 1. The highest BCUT2D eigenvalue weighted by molar-refractivity contribution is 7.14. The fourth-order valence-electron chi connectivity index (χ4n) is 2.18. The number of hydrogen-bond donors (Lipinski definition) is 2. The first-order valence-electron chi connectivity index (χ1n) is 7.53. The summed E-state index contributed by atoms with van der Waals surface area (Å²) in [4.78, 5) is 24.5. The third-order valence-electron chi connectivity index (χ3n) is 3.54. The van der Waals surface area contributed by atoms with Crippen molar-refractivity contribution in [3.63, 3.8) is 0 Å². The predicted molar refractivity (Wildman–Crippen MR) is 86.0 cm³/mol. The van der Waals surface area contributed by atoms with Crippen molar-refractivity contribution in [2.45, 2.75) is 52.9 Å². The number of carbonyl (C=O) groups excluding carboxylic acids is 1. The van der Waals surface area contributed by atoms with E-state index in [0.717, 1.165) is 24.1 Å². The second kappa shape index (κ2) is 8.82. The number of carbonyl (C=O) groups is 2. The molecule has 0 bridgehead atoms. The Balaban J connectivity index is 2.36. The van der Waals surface area contributed by atoms with E-state index in [1.165, 1.54) is 10.4 Å². The molecule has 1 aromatic rings. The van der Waals surface area contributed by atoms with Crippen molar-refractivity contribution in [3.05, 3.63) is 21.4 Å². The van der Waals surface area contributed by atoms with Crippen LogP contribution >= 0.6 is 11.3 Å². The molecule has 1 amide bonds. The summed E-state index contributed by atoms with van der Waals surface area (Å²) in [6, 6.07) is 1.99. The first-order chi connectivity index (χ1) is 9.93. The zero-order chi connectivity index (χ0) is 15.8. The third kappa shape index (κ3) is 6.29. The van der Waals surface area contributed by atoms with Crippen LogP contribution in [0.3, 0.4) is 0 Å². The fourth-order valence-corrected chi connectivity index (χ4v) is 3.17. The number of hydrogen-bond acceptors (Lipinski definition) is 3. The van der Waals surface area contributed by atoms with Gasteiger partial charge in [0.1, 0.15) is 0 Å². The molecule has 0 fully saturated rings. The number of nitrogens with one attached hydrogen (secondary N) is 1. The molecular formula is C16H25NO3S. The number of aryl methyl sites for hydroxylation is 2. The van der Waals surface area contributed by atoms with Crippen molar-refractivity contribution in [2.24, 2.45) is 5.92 Å². The van der Waals surface area contributed by atoms with E-state index in [1.807, 2.05) is 13.0 Å². The molecule has 0 aliphatic carbocycles. The molecule has 0 aliphatic heterocycles. The summed E-state index contributed by atoms with van der Waals surface area (Å²) in [5.74, 6) is -0.471. The van der Waals surface area contributed by atoms with Crippen LogP contribution in [0.2, 0.25) is 0 Å². The molecule has 1 atom stereocenters. The summed E-state index contributed by atoms with van der Waals surface area (Å²) in [6.07, 6.45) is 3.76. The summed E-state index contributed by atoms with van der Waals surface area (Å²) >= 11 is 1.55. The lowest BCUT2D eigenvalue weighted by Crippen LogP contribution is -2.24. The molecule has 0 aliphatic rings. The fraction of sp³-hybridized carbons (Fsp3) is 0.625. The van der Waals surface area contributed by atoms with Gasteiger partial charge in [-0.1, -0.05) is 20.3 Å². The number of carboxylic acid groups (broad SMARTS) is 1. The van der Waals surface area contributed by atoms with Crippen molar-refractivity contribution in [1.29, 1.82) is 0 Å². The van der Waals surface area contributed by atoms with Crippen LogP contribution in [0.25, 0.3) is 0 Å². The van der Waals surface area contributed by atoms with Crippen molar-refractivity contribution >= 4 is 23.2 Å². The molecule has 21 heavy (non-hydrogen) atoms. The Morgan fingerprint density at radius 1 is 1.38 bits per heavy atom. The minimum absolute atomic E-state index is 0.0177. The Morgan fingerprint density at radius 2 is 2.10 bits per heavy atom. The average Bonchev–Trinajstić information content (AvgIpc) is 2.78. The molecule has 1 aromatic heterocycles. The van der Waals surface area contributed by atoms with Crippen LogP contribution in [0.4, 0.5) is 0 Å². The second-order valence-electron chi connectivity index (χ2n) is 5.52. The zero-order valence-electron chi connectivity index (χ0n) is 13.1. The van der Waals surface area contributed by atoms with Crippen LogP contribution in [0.15, 0.2) is 6.07 Å². The van der Waals surface area contributed by atoms with E-state index >= 15 is 0 Å². The van der Waals surface area contributed by atoms with Gasteiger partial charge in [-0.15, -0.1) is 11.3 Å². The van der Waals surface area contributed by atoms with Gasteiger partial charge < -0.3 is 10.4 Å². The van der Waals surface area contributed by atoms with Crippen LogP contribution in [-0.2, 0) is 11.2 Å². The molecule has 0 spiro atoms. The number of carboxylic acids is 1. The van der Waals surface area contributed by atoms with E-state index in [-0.39, 0.29) is 12.3 Å². The monoisotopic (exact) mass is 311 g/mol. The highest BCUT2D eigenvalue weighted by Gasteiger charge is 2.12. The molecule has 0 saturated carbocycles. The van der Waals surface area contributed by atoms with Gasteiger partial charge >= 0.3 is 5.97 Å². The molecule has 0 aromatic carbocycles. The van der Waals surface area contributed by atoms with Gasteiger partial charge in [0.25, 0.3) is 5.91 Å². The summed E-state index contributed by atoms with van der Waals surface area (Å²) in [7, 11) is 0. The lowest BCUT2D eigenvalue weighted by Gasteiger charge is -2.10. The Morgan fingerprint density at radius 3 is 2.71 bits per heavy atom. The van der Waals surface area contributed by atoms with E-state index in [1.54, 1.807) is 11.3 Å². The van der Waals surface area contributed by atoms with Gasteiger partial charge in [-0.25, -0.2) is 0 Å². The molecule has 118 valence electrons. The van der Waals surface area contributed by atoms with E-state index < -0.39 is 5.97 Å². The van der Waals surface area contributed by atoms with Gasteiger partial charge in [-0.05, 0) is 43.7 Å². The first kappa shape index (κ1) is 17.7. The smallest absolute Gasteiger partial charge is 0.303 e. The molecule has 4 nitrogen and oxygen atoms in total. The molecule has 0 saturated heterocycles. The standard InChI is InChI=1S/C16H25NO3S/c1-4-5-13-10-14(21-12(13)3)16(20)17-9-8-11(2)6-7-15(18)19/h10-11H,4-9H2,1-3H3,(H,17,20)(H,18,19). The van der Waals surface area contributed by atoms with Crippen molar-refractivity contribution in [2.75, 3.05) is 6.54 Å². The minimum atomic E-state index is -0.761. The second-order valence-corrected chi connectivity index (χ2v) is 6.78. The van der Waals surface area contributed by atoms with Gasteiger partial charge in [0.05, 0.1) is 4.88 Å². The van der Waals surface area contributed by atoms with Gasteiger partial charge in [-0.3, -0.25) is 9.59 Å². The molecule has 0 radical (unpaired) electrons. The third-order valence-corrected chi connectivity index (χ3v) is 4.63. The summed E-state index contributed by atoms with van der Waals surface area (Å²) in [6.45, 7) is 6.80. The molecule has 1 unspecified atom stereocenters. The van der Waals surface area contributed by atoms with Gasteiger partial charge in [0, 0.05) is 17.8 Å². The summed E-state index contributed by atoms with van der Waals surface area (Å²) in [5, 5.41) is 11.6. The van der Waals surface area contributed by atoms with Crippen molar-refractivity contribution in [3.8, 4) is 0 Å². The van der Waals surface area contributed by atoms with Crippen LogP contribution in [0, 0.1) is 12.8 Å². The molecule has 2 N–H and O–H groups in total. The van der Waals surface area contributed by atoms with Gasteiger partial charge in [0.2, 0.25) is 0 Å². The Labute approximate surface area is 130 Å². The summed E-state index contributed by atoms with van der Waals surface area (Å²) < 4.78 is 0. The van der Waals surface area contributed by atoms with Crippen LogP contribution < -0.4 is 5.32 Å². The SMILES string of the molecule is CCCc1cc(C(=O)NCCC(C)CCC(=O)O)sc1C. The van der Waals surface area contributed by atoms with Gasteiger partial charge in [-0.2, -0.15) is 0 Å². The largest absolute Gasteiger partial charge is 0.481 e. The van der Waals surface area contributed by atoms with Crippen LogP contribution in [0.1, 0.15) is 59.6 Å². The number of aliphatic carboxylic acids is 1. The quantitative estimate of drug-likeness (QED) is 0.732. The highest BCUT2D eigenvalue weighted by atomic mass is 32.1. The summed E-state index contributed by atoms with van der Waals surface area (Å²) in [5.41, 5.74) is 1.27. The van der Waals surface area contributed by atoms with Crippen LogP contribution in [0.5, 0.6) is 0 Å². The van der Waals surface area contributed by atoms with E-state index in [4.69, 9.17) is 5.11 Å². The Kier molecular flexibility index (Phi) is 7.43. The molecular weight excluding hydrogens is 286 g/mol. The van der Waals surface area contributed by atoms with Crippen molar-refractivity contribution < 1.29 is 14.7 Å². The average molecular weight is 311 g/mol. The number of thiophene rings is 1. The Hall–Kier alpha value is -1.36. The maximum Gasteiger partial charge on any atom is 0.303 e. The maximum absolute atomic E-state index is 12.1. The molecule has 1 heterocycles. The molecule has 1 rings (SSSR count). The van der Waals surface area contributed by atoms with E-state index in [0.29, 0.717) is 18.9 Å². The topological polar surface area (TPSA) is 66.4 Å². The van der Waals surface area contributed by atoms with E-state index in [9.17, 15) is 9.59 Å². The van der Waals surface area contributed by atoms with Crippen LogP contribution in [-0.4, -0.2) is 23.5 Å².